The zero-order valence-corrected chi connectivity index (χ0v) is 17.4. The summed E-state index contributed by atoms with van der Waals surface area (Å²) in [5, 5.41) is 14.2. The van der Waals surface area contributed by atoms with Gasteiger partial charge in [0, 0.05) is 50.7 Å². The first-order chi connectivity index (χ1) is 14.8. The maximum Gasteiger partial charge on any atom is 0.453 e. The highest BCUT2D eigenvalue weighted by atomic mass is 19.4. The van der Waals surface area contributed by atoms with Crippen LogP contribution in [0.2, 0.25) is 0 Å². The number of aromatic nitrogens is 6. The zero-order valence-electron chi connectivity index (χ0n) is 17.4. The summed E-state index contributed by atoms with van der Waals surface area (Å²) in [5.74, 6) is 0.0543. The predicted molar refractivity (Wildman–Crippen MR) is 109 cm³/mol. The number of hydrogen-bond donors (Lipinski definition) is 1. The number of rotatable bonds is 6. The highest BCUT2D eigenvalue weighted by Crippen LogP contribution is 2.29. The predicted octanol–water partition coefficient (Wildman–Crippen LogP) is 2.17. The largest absolute Gasteiger partial charge is 0.453 e. The first-order valence-corrected chi connectivity index (χ1v) is 10.1. The smallest absolute Gasteiger partial charge is 0.368 e. The van der Waals surface area contributed by atoms with E-state index in [0.29, 0.717) is 17.9 Å². The second-order valence-corrected chi connectivity index (χ2v) is 7.51. The molecule has 0 atom stereocenters. The summed E-state index contributed by atoms with van der Waals surface area (Å²) in [6.07, 6.45) is -0.285. The van der Waals surface area contributed by atoms with E-state index in [0.717, 1.165) is 55.2 Å². The molecule has 0 amide bonds. The van der Waals surface area contributed by atoms with Crippen molar-refractivity contribution in [3.8, 4) is 0 Å². The van der Waals surface area contributed by atoms with Gasteiger partial charge in [-0.1, -0.05) is 0 Å². The van der Waals surface area contributed by atoms with Crippen LogP contribution in [0.5, 0.6) is 0 Å². The number of anilines is 2. The fraction of sp³-hybridized carbons (Fsp3) is 0.526. The molecule has 1 aliphatic heterocycles. The molecule has 0 unspecified atom stereocenters. The number of piperazine rings is 1. The van der Waals surface area contributed by atoms with E-state index in [4.69, 9.17) is 0 Å². The lowest BCUT2D eigenvalue weighted by molar-refractivity contribution is -0.146. The fourth-order valence-corrected chi connectivity index (χ4v) is 3.61. The summed E-state index contributed by atoms with van der Waals surface area (Å²) in [7, 11) is 0. The molecular weight excluding hydrogens is 411 g/mol. The molecule has 4 rings (SSSR count). The van der Waals surface area contributed by atoms with Gasteiger partial charge < -0.3 is 10.2 Å². The van der Waals surface area contributed by atoms with Gasteiger partial charge in [0.15, 0.2) is 5.65 Å². The second kappa shape index (κ2) is 8.61. The third-order valence-corrected chi connectivity index (χ3v) is 5.50. The molecule has 4 heterocycles. The van der Waals surface area contributed by atoms with Gasteiger partial charge >= 0.3 is 6.18 Å². The van der Waals surface area contributed by atoms with Gasteiger partial charge in [-0.2, -0.15) is 17.7 Å². The first-order valence-electron chi connectivity index (χ1n) is 10.1. The number of halogens is 3. The van der Waals surface area contributed by atoms with Crippen LogP contribution in [0.4, 0.5) is 24.9 Å². The fourth-order valence-electron chi connectivity index (χ4n) is 3.61. The molecule has 1 N–H and O–H groups in total. The standard InChI is InChI=1S/C19H24F3N9/c1-13-14(2)16-26-27-17(19(20,21)22)31(16)28-15(13)23-7-4-8-29-9-11-30(12-10-29)18-24-5-3-6-25-18/h3,5-6H,4,7-12H2,1-2H3,(H,23,28). The molecule has 1 aliphatic rings. The normalized spacial score (nSPS) is 15.6. The summed E-state index contributed by atoms with van der Waals surface area (Å²) < 4.78 is 40.3. The van der Waals surface area contributed by atoms with Crippen LogP contribution in [0.1, 0.15) is 23.4 Å². The molecule has 0 aromatic carbocycles. The topological polar surface area (TPSA) is 87.4 Å². The Balaban J connectivity index is 1.31. The third kappa shape index (κ3) is 4.53. The molecule has 3 aromatic rings. The lowest BCUT2D eigenvalue weighted by atomic mass is 10.2. The molecule has 3 aromatic heterocycles. The Hall–Kier alpha value is -3.02. The van der Waals surface area contributed by atoms with E-state index < -0.39 is 12.0 Å². The molecule has 1 saturated heterocycles. The van der Waals surface area contributed by atoms with Crippen molar-refractivity contribution in [2.24, 2.45) is 0 Å². The average Bonchev–Trinajstić information content (AvgIpc) is 3.20. The highest BCUT2D eigenvalue weighted by Gasteiger charge is 2.38. The molecule has 0 saturated carbocycles. The minimum absolute atomic E-state index is 0.121. The molecule has 166 valence electrons. The maximum atomic E-state index is 13.2. The Morgan fingerprint density at radius 2 is 1.71 bits per heavy atom. The van der Waals surface area contributed by atoms with E-state index in [1.54, 1.807) is 25.4 Å². The third-order valence-electron chi connectivity index (χ3n) is 5.50. The summed E-state index contributed by atoms with van der Waals surface area (Å²) in [6, 6.07) is 1.80. The summed E-state index contributed by atoms with van der Waals surface area (Å²) in [6.45, 7) is 8.58. The van der Waals surface area contributed by atoms with Crippen molar-refractivity contribution in [2.45, 2.75) is 26.4 Å². The molecule has 0 aliphatic carbocycles. The van der Waals surface area contributed by atoms with Gasteiger partial charge in [0.25, 0.3) is 5.82 Å². The molecule has 0 radical (unpaired) electrons. The molecule has 0 bridgehead atoms. The summed E-state index contributed by atoms with van der Waals surface area (Å²) in [4.78, 5) is 13.1. The first kappa shape index (κ1) is 21.2. The number of aryl methyl sites for hydroxylation is 1. The van der Waals surface area contributed by atoms with Crippen molar-refractivity contribution in [2.75, 3.05) is 49.5 Å². The van der Waals surface area contributed by atoms with Gasteiger partial charge in [0.1, 0.15) is 5.82 Å². The van der Waals surface area contributed by atoms with Crippen molar-refractivity contribution in [3.63, 3.8) is 0 Å². The Kier molecular flexibility index (Phi) is 5.90. The number of nitrogens with one attached hydrogen (secondary N) is 1. The minimum atomic E-state index is -4.61. The number of hydrogen-bond acceptors (Lipinski definition) is 8. The highest BCUT2D eigenvalue weighted by molar-refractivity contribution is 5.58. The van der Waals surface area contributed by atoms with Gasteiger partial charge in [0.2, 0.25) is 5.95 Å². The van der Waals surface area contributed by atoms with E-state index in [2.05, 4.69) is 40.4 Å². The Morgan fingerprint density at radius 1 is 1.00 bits per heavy atom. The average molecular weight is 435 g/mol. The van der Waals surface area contributed by atoms with E-state index >= 15 is 0 Å². The van der Waals surface area contributed by atoms with Crippen molar-refractivity contribution in [3.05, 3.63) is 35.4 Å². The van der Waals surface area contributed by atoms with Crippen molar-refractivity contribution >= 4 is 17.4 Å². The number of fused-ring (bicyclic) bond motifs is 1. The maximum absolute atomic E-state index is 13.2. The van der Waals surface area contributed by atoms with Gasteiger partial charge in [-0.05, 0) is 38.4 Å². The molecule has 9 nitrogen and oxygen atoms in total. The quantitative estimate of drug-likeness (QED) is 0.590. The molecule has 0 spiro atoms. The monoisotopic (exact) mass is 435 g/mol. The van der Waals surface area contributed by atoms with Crippen LogP contribution in [0.3, 0.4) is 0 Å². The number of nitrogens with zero attached hydrogens (tertiary/aromatic N) is 8. The van der Waals surface area contributed by atoms with Gasteiger partial charge in [-0.15, -0.1) is 15.3 Å². The van der Waals surface area contributed by atoms with Gasteiger partial charge in [-0.25, -0.2) is 9.97 Å². The lowest BCUT2D eigenvalue weighted by Gasteiger charge is -2.34. The van der Waals surface area contributed by atoms with E-state index in [1.807, 2.05) is 6.92 Å². The summed E-state index contributed by atoms with van der Waals surface area (Å²) >= 11 is 0. The van der Waals surface area contributed by atoms with Crippen LogP contribution < -0.4 is 10.2 Å². The Bertz CT molecular complexity index is 1030. The lowest BCUT2D eigenvalue weighted by Crippen LogP contribution is -2.47. The van der Waals surface area contributed by atoms with Gasteiger partial charge in [0.05, 0.1) is 0 Å². The van der Waals surface area contributed by atoms with Crippen LogP contribution in [-0.2, 0) is 6.18 Å². The molecule has 1 fully saturated rings. The van der Waals surface area contributed by atoms with Crippen molar-refractivity contribution in [1.82, 2.24) is 34.7 Å². The van der Waals surface area contributed by atoms with Crippen LogP contribution in [0.25, 0.3) is 5.65 Å². The van der Waals surface area contributed by atoms with E-state index in [-0.39, 0.29) is 5.65 Å². The number of alkyl halides is 3. The van der Waals surface area contributed by atoms with E-state index in [9.17, 15) is 13.2 Å². The van der Waals surface area contributed by atoms with Crippen molar-refractivity contribution in [1.29, 1.82) is 0 Å². The molecule has 31 heavy (non-hydrogen) atoms. The van der Waals surface area contributed by atoms with E-state index in [1.165, 1.54) is 0 Å². The second-order valence-electron chi connectivity index (χ2n) is 7.51. The SMILES string of the molecule is Cc1c(NCCCN2CCN(c3ncccn3)CC2)nn2c(C(F)(F)F)nnc2c1C. The van der Waals surface area contributed by atoms with Gasteiger partial charge in [-0.3, -0.25) is 4.90 Å². The summed E-state index contributed by atoms with van der Waals surface area (Å²) in [5.41, 5.74) is 1.51. The minimum Gasteiger partial charge on any atom is -0.368 e. The van der Waals surface area contributed by atoms with Crippen LogP contribution in [0, 0.1) is 13.8 Å². The van der Waals surface area contributed by atoms with Crippen LogP contribution in [-0.4, -0.2) is 73.9 Å². The van der Waals surface area contributed by atoms with Crippen molar-refractivity contribution < 1.29 is 13.2 Å². The zero-order chi connectivity index (χ0) is 22.0. The van der Waals surface area contributed by atoms with Crippen LogP contribution in [0.15, 0.2) is 18.5 Å². The Labute approximate surface area is 177 Å². The molecule has 12 heteroatoms. The molecular formula is C19H24F3N9. The Morgan fingerprint density at radius 3 is 2.39 bits per heavy atom. The van der Waals surface area contributed by atoms with Crippen LogP contribution >= 0.6 is 0 Å².